The van der Waals surface area contributed by atoms with Crippen molar-refractivity contribution in [3.63, 3.8) is 0 Å². The largest absolute Gasteiger partial charge is 0.480 e. The normalized spacial score (nSPS) is 14.3. The molecule has 18 heavy (non-hydrogen) atoms. The molecule has 2 aromatic heterocycles. The Balaban J connectivity index is 2.27. The van der Waals surface area contributed by atoms with Crippen LogP contribution < -0.4 is 5.32 Å². The molecule has 0 bridgehead atoms. The minimum Gasteiger partial charge on any atom is -0.480 e. The number of thiophene rings is 1. The molecular weight excluding hydrogens is 274 g/mol. The maximum absolute atomic E-state index is 10.9. The highest BCUT2D eigenvalue weighted by Crippen LogP contribution is 2.31. The third kappa shape index (κ3) is 2.93. The summed E-state index contributed by atoms with van der Waals surface area (Å²) in [5.74, 6) is -0.240. The van der Waals surface area contributed by atoms with Gasteiger partial charge in [-0.25, -0.2) is 0 Å². The number of carboxylic acids is 1. The fourth-order valence-electron chi connectivity index (χ4n) is 1.56. The third-order valence-electron chi connectivity index (χ3n) is 2.49. The predicted octanol–water partition coefficient (Wildman–Crippen LogP) is 3.15. The molecule has 0 aliphatic carbocycles. The summed E-state index contributed by atoms with van der Waals surface area (Å²) in [5, 5.41) is 12.0. The van der Waals surface area contributed by atoms with Gasteiger partial charge >= 0.3 is 5.97 Å². The van der Waals surface area contributed by atoms with Crippen molar-refractivity contribution in [3.8, 4) is 0 Å². The van der Waals surface area contributed by atoms with Gasteiger partial charge in [-0.2, -0.15) is 0 Å². The molecule has 0 aromatic carbocycles. The zero-order valence-corrected chi connectivity index (χ0v) is 11.2. The van der Waals surface area contributed by atoms with Crippen LogP contribution in [0.3, 0.4) is 0 Å². The lowest BCUT2D eigenvalue weighted by atomic mass is 10.1. The van der Waals surface area contributed by atoms with Gasteiger partial charge in [-0.15, -0.1) is 11.3 Å². The predicted molar refractivity (Wildman–Crippen MR) is 70.1 cm³/mol. The van der Waals surface area contributed by atoms with Gasteiger partial charge in [0.15, 0.2) is 0 Å². The summed E-state index contributed by atoms with van der Waals surface area (Å²) >= 11 is 7.31. The zero-order chi connectivity index (χ0) is 13.1. The monoisotopic (exact) mass is 285 g/mol. The van der Waals surface area contributed by atoms with Crippen molar-refractivity contribution in [2.45, 2.75) is 19.0 Å². The Bertz CT molecular complexity index is 523. The van der Waals surface area contributed by atoms with Gasteiger partial charge in [-0.3, -0.25) is 10.1 Å². The fraction of sp³-hybridized carbons (Fsp3) is 0.250. The van der Waals surface area contributed by atoms with Crippen LogP contribution in [0.5, 0.6) is 0 Å². The molecule has 96 valence electrons. The van der Waals surface area contributed by atoms with E-state index in [0.29, 0.717) is 10.1 Å². The summed E-state index contributed by atoms with van der Waals surface area (Å²) in [5.41, 5.74) is 0. The molecule has 0 aliphatic rings. The highest BCUT2D eigenvalue weighted by molar-refractivity contribution is 7.16. The Hall–Kier alpha value is -1.30. The second-order valence-electron chi connectivity index (χ2n) is 3.82. The maximum atomic E-state index is 10.9. The fourth-order valence-corrected chi connectivity index (χ4v) is 2.69. The van der Waals surface area contributed by atoms with E-state index >= 15 is 0 Å². The number of furan rings is 1. The lowest BCUT2D eigenvalue weighted by Gasteiger charge is -2.18. The molecule has 0 radical (unpaired) electrons. The Morgan fingerprint density at radius 2 is 2.28 bits per heavy atom. The van der Waals surface area contributed by atoms with E-state index in [0.717, 1.165) is 4.88 Å². The van der Waals surface area contributed by atoms with E-state index in [-0.39, 0.29) is 6.04 Å². The first kappa shape index (κ1) is 13.1. The van der Waals surface area contributed by atoms with E-state index in [4.69, 9.17) is 21.1 Å². The van der Waals surface area contributed by atoms with Gasteiger partial charge in [0, 0.05) is 4.88 Å². The van der Waals surface area contributed by atoms with Gasteiger partial charge < -0.3 is 9.52 Å². The van der Waals surface area contributed by atoms with Crippen molar-refractivity contribution in [1.82, 2.24) is 5.32 Å². The summed E-state index contributed by atoms with van der Waals surface area (Å²) in [6, 6.07) is 6.24. The van der Waals surface area contributed by atoms with Crippen LogP contribution in [0.15, 0.2) is 34.9 Å². The van der Waals surface area contributed by atoms with Gasteiger partial charge in [0.2, 0.25) is 0 Å². The summed E-state index contributed by atoms with van der Waals surface area (Å²) in [6.45, 7) is 1.59. The molecule has 0 aliphatic heterocycles. The standard InChI is InChI=1S/C12H12ClNO3S/c1-7(12(15)16)14-11(8-3-2-6-17-8)9-4-5-10(13)18-9/h2-7,11,14H,1H3,(H,15,16). The minimum absolute atomic E-state index is 0.302. The lowest BCUT2D eigenvalue weighted by Crippen LogP contribution is -2.36. The van der Waals surface area contributed by atoms with Crippen LogP contribution in [0.4, 0.5) is 0 Å². The van der Waals surface area contributed by atoms with Crippen molar-refractivity contribution in [3.05, 3.63) is 45.5 Å². The van der Waals surface area contributed by atoms with E-state index in [1.54, 1.807) is 31.4 Å². The summed E-state index contributed by atoms with van der Waals surface area (Å²) in [4.78, 5) is 11.8. The van der Waals surface area contributed by atoms with Crippen molar-refractivity contribution in [1.29, 1.82) is 0 Å². The van der Waals surface area contributed by atoms with Crippen LogP contribution in [0.1, 0.15) is 23.6 Å². The average Bonchev–Trinajstić information content (AvgIpc) is 2.96. The molecule has 2 aromatic rings. The molecule has 4 nitrogen and oxygen atoms in total. The Labute approximate surface area is 113 Å². The van der Waals surface area contributed by atoms with Crippen molar-refractivity contribution >= 4 is 28.9 Å². The molecule has 0 fully saturated rings. The first-order chi connectivity index (χ1) is 8.58. The Morgan fingerprint density at radius 3 is 2.78 bits per heavy atom. The van der Waals surface area contributed by atoms with Crippen LogP contribution in [0, 0.1) is 0 Å². The molecule has 0 saturated heterocycles. The van der Waals surface area contributed by atoms with Gasteiger partial charge in [0.05, 0.1) is 10.6 Å². The molecule has 0 spiro atoms. The van der Waals surface area contributed by atoms with Gasteiger partial charge in [-0.1, -0.05) is 11.6 Å². The van der Waals surface area contributed by atoms with Crippen molar-refractivity contribution < 1.29 is 14.3 Å². The molecule has 2 N–H and O–H groups in total. The number of hydrogen-bond acceptors (Lipinski definition) is 4. The van der Waals surface area contributed by atoms with E-state index < -0.39 is 12.0 Å². The van der Waals surface area contributed by atoms with E-state index in [1.807, 2.05) is 6.07 Å². The summed E-state index contributed by atoms with van der Waals surface area (Å²) in [7, 11) is 0. The van der Waals surface area contributed by atoms with Crippen LogP contribution >= 0.6 is 22.9 Å². The molecule has 2 heterocycles. The summed E-state index contributed by atoms with van der Waals surface area (Å²) < 4.78 is 6.01. The second-order valence-corrected chi connectivity index (χ2v) is 5.56. The van der Waals surface area contributed by atoms with Crippen LogP contribution in [-0.2, 0) is 4.79 Å². The van der Waals surface area contributed by atoms with E-state index in [9.17, 15) is 4.79 Å². The number of aliphatic carboxylic acids is 1. The van der Waals surface area contributed by atoms with Gasteiger partial charge in [0.1, 0.15) is 17.8 Å². The number of halogens is 1. The smallest absolute Gasteiger partial charge is 0.320 e. The van der Waals surface area contributed by atoms with Crippen LogP contribution in [0.2, 0.25) is 4.34 Å². The molecule has 2 rings (SSSR count). The maximum Gasteiger partial charge on any atom is 0.320 e. The van der Waals surface area contributed by atoms with E-state index in [1.165, 1.54) is 11.3 Å². The summed E-state index contributed by atoms with van der Waals surface area (Å²) in [6.07, 6.45) is 1.56. The molecule has 2 unspecified atom stereocenters. The zero-order valence-electron chi connectivity index (χ0n) is 9.59. The number of rotatable bonds is 5. The molecule has 0 amide bonds. The number of carbonyl (C=O) groups is 1. The number of nitrogens with one attached hydrogen (secondary N) is 1. The average molecular weight is 286 g/mol. The third-order valence-corrected chi connectivity index (χ3v) is 3.79. The number of carboxylic acid groups (broad SMARTS) is 1. The Kier molecular flexibility index (Phi) is 4.06. The molecular formula is C12H12ClNO3S. The molecule has 0 saturated carbocycles. The first-order valence-electron chi connectivity index (χ1n) is 5.35. The molecule has 2 atom stereocenters. The number of hydrogen-bond donors (Lipinski definition) is 2. The lowest BCUT2D eigenvalue weighted by molar-refractivity contribution is -0.139. The van der Waals surface area contributed by atoms with Crippen LogP contribution in [-0.4, -0.2) is 17.1 Å². The van der Waals surface area contributed by atoms with Crippen molar-refractivity contribution in [2.24, 2.45) is 0 Å². The highest BCUT2D eigenvalue weighted by Gasteiger charge is 2.23. The molecule has 6 heteroatoms. The SMILES string of the molecule is CC(NC(c1ccco1)c1ccc(Cl)s1)C(=O)O. The topological polar surface area (TPSA) is 62.5 Å². The second kappa shape index (κ2) is 5.56. The highest BCUT2D eigenvalue weighted by atomic mass is 35.5. The van der Waals surface area contributed by atoms with Crippen molar-refractivity contribution in [2.75, 3.05) is 0 Å². The van der Waals surface area contributed by atoms with Crippen LogP contribution in [0.25, 0.3) is 0 Å². The Morgan fingerprint density at radius 1 is 1.50 bits per heavy atom. The van der Waals surface area contributed by atoms with Gasteiger partial charge in [0.25, 0.3) is 0 Å². The van der Waals surface area contributed by atoms with Gasteiger partial charge in [-0.05, 0) is 31.2 Å². The quantitative estimate of drug-likeness (QED) is 0.886. The minimum atomic E-state index is -0.908. The first-order valence-corrected chi connectivity index (χ1v) is 6.55. The van der Waals surface area contributed by atoms with E-state index in [2.05, 4.69) is 5.32 Å².